The van der Waals surface area contributed by atoms with Crippen LogP contribution >= 0.6 is 24.0 Å². The van der Waals surface area contributed by atoms with Crippen LogP contribution in [0.1, 0.15) is 11.1 Å². The number of aryl methyl sites for hydroxylation is 2. The van der Waals surface area contributed by atoms with Gasteiger partial charge in [0.25, 0.3) is 0 Å². The van der Waals surface area contributed by atoms with Gasteiger partial charge in [-0.05, 0) is 31.5 Å². The van der Waals surface area contributed by atoms with E-state index < -0.39 is 0 Å². The van der Waals surface area contributed by atoms with Crippen molar-refractivity contribution < 1.29 is 4.74 Å². The van der Waals surface area contributed by atoms with E-state index in [1.54, 1.807) is 7.05 Å². The molecular weight excluding hydrogens is 417 g/mol. The molecule has 0 aliphatic heterocycles. The largest absolute Gasteiger partial charge is 0.492 e. The molecule has 0 aliphatic carbocycles. The zero-order valence-corrected chi connectivity index (χ0v) is 16.8. The van der Waals surface area contributed by atoms with E-state index in [1.807, 2.05) is 48.3 Å². The Hall–Kier alpha value is -1.77. The van der Waals surface area contributed by atoms with Gasteiger partial charge in [0.1, 0.15) is 12.4 Å². The molecule has 24 heavy (non-hydrogen) atoms. The fourth-order valence-corrected chi connectivity index (χ4v) is 2.07. The molecule has 2 rings (SSSR count). The van der Waals surface area contributed by atoms with E-state index in [9.17, 15) is 0 Å². The number of halogens is 1. The van der Waals surface area contributed by atoms with Gasteiger partial charge in [0, 0.05) is 19.8 Å². The van der Waals surface area contributed by atoms with Crippen LogP contribution in [0.4, 0.5) is 0 Å². The number of rotatable bonds is 7. The second-order valence-corrected chi connectivity index (χ2v) is 5.37. The number of ether oxygens (including phenoxy) is 1. The van der Waals surface area contributed by atoms with Crippen molar-refractivity contribution in [1.29, 1.82) is 0 Å². The van der Waals surface area contributed by atoms with Gasteiger partial charge >= 0.3 is 0 Å². The van der Waals surface area contributed by atoms with E-state index >= 15 is 0 Å². The standard InChI is InChI=1S/C17H25N5O.HI/c1-14-4-6-16(7-5-14)23-11-9-20-17(18-3)19-8-10-22-13-15(2)12-21-22;/h4-7,12-13H,8-11H2,1-3H3,(H2,18,19,20);1H. The molecule has 0 saturated heterocycles. The van der Waals surface area contributed by atoms with Crippen LogP contribution in [0, 0.1) is 13.8 Å². The maximum atomic E-state index is 5.67. The summed E-state index contributed by atoms with van der Waals surface area (Å²) in [6, 6.07) is 8.05. The first-order valence-electron chi connectivity index (χ1n) is 7.80. The summed E-state index contributed by atoms with van der Waals surface area (Å²) in [5.41, 5.74) is 2.40. The number of benzene rings is 1. The highest BCUT2D eigenvalue weighted by molar-refractivity contribution is 14.0. The van der Waals surface area contributed by atoms with Crippen molar-refractivity contribution in [2.45, 2.75) is 20.4 Å². The number of nitrogens with one attached hydrogen (secondary N) is 2. The molecule has 6 nitrogen and oxygen atoms in total. The first-order chi connectivity index (χ1) is 11.2. The average Bonchev–Trinajstić information content (AvgIpc) is 2.97. The fourth-order valence-electron chi connectivity index (χ4n) is 2.07. The molecule has 0 spiro atoms. The lowest BCUT2D eigenvalue weighted by Gasteiger charge is -2.12. The second-order valence-electron chi connectivity index (χ2n) is 5.37. The summed E-state index contributed by atoms with van der Waals surface area (Å²) >= 11 is 0. The summed E-state index contributed by atoms with van der Waals surface area (Å²) in [4.78, 5) is 4.19. The molecule has 0 bridgehead atoms. The van der Waals surface area contributed by atoms with Gasteiger partial charge in [-0.25, -0.2) is 0 Å². The Morgan fingerprint density at radius 2 is 1.83 bits per heavy atom. The quantitative estimate of drug-likeness (QED) is 0.299. The maximum Gasteiger partial charge on any atom is 0.191 e. The van der Waals surface area contributed by atoms with Crippen molar-refractivity contribution in [3.05, 3.63) is 47.8 Å². The van der Waals surface area contributed by atoms with Gasteiger partial charge in [-0.1, -0.05) is 17.7 Å². The monoisotopic (exact) mass is 443 g/mol. The van der Waals surface area contributed by atoms with Crippen molar-refractivity contribution in [1.82, 2.24) is 20.4 Å². The third kappa shape index (κ3) is 7.20. The van der Waals surface area contributed by atoms with Gasteiger partial charge < -0.3 is 15.4 Å². The van der Waals surface area contributed by atoms with Crippen LogP contribution in [0.2, 0.25) is 0 Å². The average molecular weight is 443 g/mol. The van der Waals surface area contributed by atoms with Crippen molar-refractivity contribution in [2.75, 3.05) is 26.7 Å². The Morgan fingerprint density at radius 1 is 1.12 bits per heavy atom. The van der Waals surface area contributed by atoms with Crippen LogP contribution in [-0.4, -0.2) is 42.5 Å². The molecule has 0 atom stereocenters. The summed E-state index contributed by atoms with van der Waals surface area (Å²) in [6.45, 7) is 6.93. The SMILES string of the molecule is CN=C(NCCOc1ccc(C)cc1)NCCn1cc(C)cn1.I. The molecule has 0 aliphatic rings. The predicted octanol–water partition coefficient (Wildman–Crippen LogP) is 2.36. The van der Waals surface area contributed by atoms with E-state index in [4.69, 9.17) is 4.74 Å². The van der Waals surface area contributed by atoms with Crippen molar-refractivity contribution in [3.63, 3.8) is 0 Å². The molecule has 2 N–H and O–H groups in total. The molecular formula is C17H26IN5O. The second kappa shape index (κ2) is 10.9. The summed E-state index contributed by atoms with van der Waals surface area (Å²) in [6.07, 6.45) is 3.88. The maximum absolute atomic E-state index is 5.67. The Bertz CT molecular complexity index is 624. The Morgan fingerprint density at radius 3 is 2.46 bits per heavy atom. The highest BCUT2D eigenvalue weighted by Gasteiger charge is 1.99. The minimum atomic E-state index is 0. The molecule has 1 aromatic heterocycles. The Kier molecular flexibility index (Phi) is 9.21. The van der Waals surface area contributed by atoms with Crippen LogP contribution < -0.4 is 15.4 Å². The topological polar surface area (TPSA) is 63.5 Å². The van der Waals surface area contributed by atoms with Crippen LogP contribution in [0.25, 0.3) is 0 Å². The molecule has 1 heterocycles. The molecule has 0 saturated carbocycles. The lowest BCUT2D eigenvalue weighted by Crippen LogP contribution is -2.40. The van der Waals surface area contributed by atoms with E-state index in [1.165, 1.54) is 11.1 Å². The van der Waals surface area contributed by atoms with Gasteiger partial charge in [0.05, 0.1) is 19.3 Å². The van der Waals surface area contributed by atoms with Gasteiger partial charge in [-0.15, -0.1) is 24.0 Å². The molecule has 0 unspecified atom stereocenters. The summed E-state index contributed by atoms with van der Waals surface area (Å²) in [7, 11) is 1.76. The van der Waals surface area contributed by atoms with Crippen LogP contribution in [0.15, 0.2) is 41.7 Å². The molecule has 0 amide bonds. The summed E-state index contributed by atoms with van der Waals surface area (Å²) in [5.74, 6) is 1.65. The van der Waals surface area contributed by atoms with Crippen LogP contribution in [0.5, 0.6) is 5.75 Å². The summed E-state index contributed by atoms with van der Waals surface area (Å²) in [5, 5.41) is 10.7. The fraction of sp³-hybridized carbons (Fsp3) is 0.412. The molecule has 1 aromatic carbocycles. The molecule has 7 heteroatoms. The lowest BCUT2D eigenvalue weighted by molar-refractivity contribution is 0.322. The Labute approximate surface area is 160 Å². The minimum Gasteiger partial charge on any atom is -0.492 e. The number of nitrogens with zero attached hydrogens (tertiary/aromatic N) is 3. The molecule has 0 fully saturated rings. The number of aliphatic imine (C=N–C) groups is 1. The van der Waals surface area contributed by atoms with E-state index in [0.29, 0.717) is 13.2 Å². The van der Waals surface area contributed by atoms with Crippen LogP contribution in [-0.2, 0) is 6.54 Å². The smallest absolute Gasteiger partial charge is 0.191 e. The van der Waals surface area contributed by atoms with Crippen molar-refractivity contribution in [2.24, 2.45) is 4.99 Å². The summed E-state index contributed by atoms with van der Waals surface area (Å²) < 4.78 is 7.59. The predicted molar refractivity (Wildman–Crippen MR) is 108 cm³/mol. The van der Waals surface area contributed by atoms with Crippen molar-refractivity contribution in [3.8, 4) is 5.75 Å². The third-order valence-electron chi connectivity index (χ3n) is 3.30. The molecule has 2 aromatic rings. The van der Waals surface area contributed by atoms with E-state index in [0.717, 1.165) is 24.8 Å². The van der Waals surface area contributed by atoms with E-state index in [2.05, 4.69) is 27.6 Å². The Balaban J connectivity index is 0.00000288. The minimum absolute atomic E-state index is 0. The first-order valence-corrected chi connectivity index (χ1v) is 7.80. The zero-order valence-electron chi connectivity index (χ0n) is 14.5. The number of hydrogen-bond donors (Lipinski definition) is 2. The highest BCUT2D eigenvalue weighted by Crippen LogP contribution is 2.10. The van der Waals surface area contributed by atoms with Crippen molar-refractivity contribution >= 4 is 29.9 Å². The number of guanidine groups is 1. The number of hydrogen-bond acceptors (Lipinski definition) is 3. The zero-order chi connectivity index (χ0) is 16.5. The van der Waals surface area contributed by atoms with E-state index in [-0.39, 0.29) is 24.0 Å². The first kappa shape index (κ1) is 20.3. The normalized spacial score (nSPS) is 10.9. The van der Waals surface area contributed by atoms with Gasteiger partial charge in [-0.3, -0.25) is 9.67 Å². The van der Waals surface area contributed by atoms with Crippen LogP contribution in [0.3, 0.4) is 0 Å². The van der Waals surface area contributed by atoms with Gasteiger partial charge in [-0.2, -0.15) is 5.10 Å². The van der Waals surface area contributed by atoms with Gasteiger partial charge in [0.15, 0.2) is 5.96 Å². The third-order valence-corrected chi connectivity index (χ3v) is 3.30. The molecule has 132 valence electrons. The number of aromatic nitrogens is 2. The molecule has 0 radical (unpaired) electrons. The highest BCUT2D eigenvalue weighted by atomic mass is 127. The van der Waals surface area contributed by atoms with Gasteiger partial charge in [0.2, 0.25) is 0 Å². The lowest BCUT2D eigenvalue weighted by atomic mass is 10.2.